The lowest BCUT2D eigenvalue weighted by Gasteiger charge is -2.24. The molecule has 0 unspecified atom stereocenters. The average molecular weight is 471 g/mol. The molecule has 2 rings (SSSR count). The highest BCUT2D eigenvalue weighted by atomic mass is 16.6. The van der Waals surface area contributed by atoms with Crippen LogP contribution in [0.15, 0.2) is 30.5 Å². The largest absolute Gasteiger partial charge is 0.493 e. The molecule has 0 saturated heterocycles. The van der Waals surface area contributed by atoms with Crippen LogP contribution in [0.2, 0.25) is 0 Å². The lowest BCUT2D eigenvalue weighted by atomic mass is 9.91. The second-order valence-electron chi connectivity index (χ2n) is 8.75. The maximum Gasteiger partial charge on any atom is 0.328 e. The number of aromatic nitrogens is 1. The van der Waals surface area contributed by atoms with Gasteiger partial charge in [-0.3, -0.25) is 9.59 Å². The summed E-state index contributed by atoms with van der Waals surface area (Å²) in [6.45, 7) is 12.7. The van der Waals surface area contributed by atoms with Crippen molar-refractivity contribution in [3.8, 4) is 11.5 Å². The van der Waals surface area contributed by atoms with Crippen LogP contribution >= 0.6 is 0 Å². The first-order valence-electron chi connectivity index (χ1n) is 11.3. The lowest BCUT2D eigenvalue weighted by Crippen LogP contribution is -2.41. The van der Waals surface area contributed by atoms with Gasteiger partial charge in [-0.1, -0.05) is 44.5 Å². The molecule has 1 amide bonds. The molecule has 184 valence electrons. The maximum absolute atomic E-state index is 12.9. The van der Waals surface area contributed by atoms with Crippen LogP contribution in [0, 0.1) is 19.8 Å². The molecule has 34 heavy (non-hydrogen) atoms. The van der Waals surface area contributed by atoms with Crippen molar-refractivity contribution in [3.63, 3.8) is 0 Å². The Bertz CT molecular complexity index is 1050. The van der Waals surface area contributed by atoms with Gasteiger partial charge in [-0.05, 0) is 38.8 Å². The highest BCUT2D eigenvalue weighted by Gasteiger charge is 2.28. The molecule has 0 aliphatic rings. The van der Waals surface area contributed by atoms with Gasteiger partial charge < -0.3 is 19.5 Å². The van der Waals surface area contributed by atoms with Gasteiger partial charge in [0.25, 0.3) is 5.91 Å². The first-order chi connectivity index (χ1) is 16.0. The van der Waals surface area contributed by atoms with Crippen molar-refractivity contribution in [1.29, 1.82) is 0 Å². The molecule has 0 saturated carbocycles. The summed E-state index contributed by atoms with van der Waals surface area (Å²) in [4.78, 5) is 41.7. The van der Waals surface area contributed by atoms with Crippen molar-refractivity contribution in [2.75, 3.05) is 7.11 Å². The second-order valence-corrected chi connectivity index (χ2v) is 8.75. The molecule has 0 fully saturated rings. The van der Waals surface area contributed by atoms with Gasteiger partial charge >= 0.3 is 11.9 Å². The monoisotopic (exact) mass is 470 g/mol. The van der Waals surface area contributed by atoms with E-state index in [4.69, 9.17) is 14.2 Å². The summed E-state index contributed by atoms with van der Waals surface area (Å²) >= 11 is 0. The van der Waals surface area contributed by atoms with E-state index in [-0.39, 0.29) is 23.1 Å². The van der Waals surface area contributed by atoms with E-state index in [0.29, 0.717) is 0 Å². The van der Waals surface area contributed by atoms with Gasteiger partial charge in [0.1, 0.15) is 12.1 Å². The molecule has 8 heteroatoms. The number of hydrogen-bond donors (Lipinski definition) is 1. The SMILES string of the molecule is COc1ccnc(C(=O)N[C@@H](C)C(=O)O[C@H](C)[C@H](C)c2ccc(C)cc2C)c1OC(=O)C(C)C. The van der Waals surface area contributed by atoms with E-state index in [1.165, 1.54) is 31.9 Å². The number of amides is 1. The number of rotatable bonds is 9. The van der Waals surface area contributed by atoms with Crippen molar-refractivity contribution in [3.05, 3.63) is 52.8 Å². The van der Waals surface area contributed by atoms with Gasteiger partial charge in [-0.2, -0.15) is 0 Å². The maximum atomic E-state index is 12.9. The third-order valence-electron chi connectivity index (χ3n) is 5.60. The van der Waals surface area contributed by atoms with Crippen LogP contribution in [0.5, 0.6) is 11.5 Å². The Hall–Kier alpha value is -3.42. The van der Waals surface area contributed by atoms with Gasteiger partial charge in [0, 0.05) is 18.2 Å². The van der Waals surface area contributed by atoms with E-state index in [1.54, 1.807) is 13.8 Å². The van der Waals surface area contributed by atoms with E-state index in [0.717, 1.165) is 11.1 Å². The van der Waals surface area contributed by atoms with Gasteiger partial charge in [0.15, 0.2) is 11.4 Å². The Morgan fingerprint density at radius 3 is 2.24 bits per heavy atom. The van der Waals surface area contributed by atoms with Crippen molar-refractivity contribution in [2.45, 2.75) is 66.5 Å². The van der Waals surface area contributed by atoms with Crippen molar-refractivity contribution in [1.82, 2.24) is 10.3 Å². The van der Waals surface area contributed by atoms with Crippen molar-refractivity contribution in [2.24, 2.45) is 5.92 Å². The fraction of sp³-hybridized carbons (Fsp3) is 0.462. The number of benzene rings is 1. The molecular weight excluding hydrogens is 436 g/mol. The molecule has 1 N–H and O–H groups in total. The molecule has 0 aliphatic heterocycles. The minimum atomic E-state index is -0.956. The fourth-order valence-corrected chi connectivity index (χ4v) is 3.37. The first-order valence-corrected chi connectivity index (χ1v) is 11.3. The summed E-state index contributed by atoms with van der Waals surface area (Å²) < 4.78 is 16.2. The summed E-state index contributed by atoms with van der Waals surface area (Å²) in [7, 11) is 1.39. The average Bonchev–Trinajstić information content (AvgIpc) is 2.78. The molecule has 0 spiro atoms. The Kier molecular flexibility index (Phi) is 9.18. The minimum Gasteiger partial charge on any atom is -0.493 e. The lowest BCUT2D eigenvalue weighted by molar-refractivity contribution is -0.151. The third kappa shape index (κ3) is 6.56. The first kappa shape index (κ1) is 26.8. The number of pyridine rings is 1. The van der Waals surface area contributed by atoms with E-state index in [9.17, 15) is 14.4 Å². The predicted octanol–water partition coefficient (Wildman–Crippen LogP) is 4.12. The fourth-order valence-electron chi connectivity index (χ4n) is 3.37. The predicted molar refractivity (Wildman–Crippen MR) is 128 cm³/mol. The number of hydrogen-bond acceptors (Lipinski definition) is 7. The number of methoxy groups -OCH3 is 1. The molecule has 1 aromatic carbocycles. The number of esters is 2. The minimum absolute atomic E-state index is 0.0328. The molecular formula is C26H34N2O6. The van der Waals surface area contributed by atoms with E-state index in [2.05, 4.69) is 16.4 Å². The molecule has 0 radical (unpaired) electrons. The number of aryl methyl sites for hydroxylation is 2. The van der Waals surface area contributed by atoms with Crippen LogP contribution < -0.4 is 14.8 Å². The van der Waals surface area contributed by atoms with Crippen LogP contribution in [-0.2, 0) is 14.3 Å². The number of nitrogens with one attached hydrogen (secondary N) is 1. The number of ether oxygens (including phenoxy) is 3. The Morgan fingerprint density at radius 2 is 1.65 bits per heavy atom. The zero-order chi connectivity index (χ0) is 25.6. The van der Waals surface area contributed by atoms with Crippen molar-refractivity contribution < 1.29 is 28.6 Å². The van der Waals surface area contributed by atoms with Gasteiger partial charge in [-0.15, -0.1) is 0 Å². The molecule has 8 nitrogen and oxygen atoms in total. The van der Waals surface area contributed by atoms with Crippen LogP contribution in [0.3, 0.4) is 0 Å². The highest BCUT2D eigenvalue weighted by molar-refractivity contribution is 5.98. The number of nitrogens with zero attached hydrogens (tertiary/aromatic N) is 1. The summed E-state index contributed by atoms with van der Waals surface area (Å²) in [5.74, 6) is -2.18. The summed E-state index contributed by atoms with van der Waals surface area (Å²) in [5, 5.41) is 2.57. The summed E-state index contributed by atoms with van der Waals surface area (Å²) in [6.07, 6.45) is 0.947. The zero-order valence-electron chi connectivity index (χ0n) is 21.1. The van der Waals surface area contributed by atoms with Gasteiger partial charge in [0.2, 0.25) is 5.75 Å². The van der Waals surface area contributed by atoms with E-state index >= 15 is 0 Å². The van der Waals surface area contributed by atoms with Crippen LogP contribution in [-0.4, -0.2) is 42.1 Å². The molecule has 1 heterocycles. The van der Waals surface area contributed by atoms with Gasteiger partial charge in [0.05, 0.1) is 13.0 Å². The number of carbonyl (C=O) groups excluding carboxylic acids is 3. The molecule has 2 aromatic rings. The Morgan fingerprint density at radius 1 is 0.971 bits per heavy atom. The van der Waals surface area contributed by atoms with E-state index < -0.39 is 35.9 Å². The highest BCUT2D eigenvalue weighted by Crippen LogP contribution is 2.30. The third-order valence-corrected chi connectivity index (χ3v) is 5.60. The standard InChI is InChI=1S/C26H34N2O6/c1-14(2)25(30)34-23-21(32-8)11-12-27-22(23)24(29)28-18(6)26(31)33-19(7)17(5)20-10-9-15(3)13-16(20)4/h9-14,17-19H,1-8H3,(H,28,29)/t17-,18-,19+/m0/s1. The second kappa shape index (κ2) is 11.6. The van der Waals surface area contributed by atoms with Gasteiger partial charge in [-0.25, -0.2) is 9.78 Å². The molecule has 0 aliphatic carbocycles. The van der Waals surface area contributed by atoms with Crippen LogP contribution in [0.1, 0.15) is 67.7 Å². The summed E-state index contributed by atoms with van der Waals surface area (Å²) in [6, 6.07) is 6.69. The summed E-state index contributed by atoms with van der Waals surface area (Å²) in [5.41, 5.74) is 3.23. The van der Waals surface area contributed by atoms with Crippen LogP contribution in [0.4, 0.5) is 0 Å². The zero-order valence-corrected chi connectivity index (χ0v) is 21.1. The molecule has 0 bridgehead atoms. The molecule has 1 aromatic heterocycles. The van der Waals surface area contributed by atoms with E-state index in [1.807, 2.05) is 39.8 Å². The van der Waals surface area contributed by atoms with Crippen LogP contribution in [0.25, 0.3) is 0 Å². The quantitative estimate of drug-likeness (QED) is 0.550. The smallest absolute Gasteiger partial charge is 0.328 e. The Balaban J connectivity index is 2.11. The van der Waals surface area contributed by atoms with Crippen molar-refractivity contribution >= 4 is 17.8 Å². The molecule has 3 atom stereocenters. The number of carbonyl (C=O) groups is 3. The normalized spacial score (nSPS) is 13.6. The topological polar surface area (TPSA) is 104 Å². The Labute approximate surface area is 201 Å².